The minimum atomic E-state index is -3.21. The number of ether oxygens (including phenoxy) is 2. The van der Waals surface area contributed by atoms with Crippen LogP contribution in [0.4, 0.5) is 15.8 Å². The van der Waals surface area contributed by atoms with Gasteiger partial charge in [0.2, 0.25) is 5.83 Å². The van der Waals surface area contributed by atoms with E-state index in [0.717, 1.165) is 24.9 Å². The van der Waals surface area contributed by atoms with E-state index in [1.165, 1.54) is 11.8 Å². The zero-order chi connectivity index (χ0) is 25.6. The Morgan fingerprint density at radius 2 is 1.97 bits per heavy atom. The van der Waals surface area contributed by atoms with Crippen molar-refractivity contribution in [3.8, 4) is 5.75 Å². The van der Waals surface area contributed by atoms with Crippen LogP contribution in [0.25, 0.3) is 0 Å². The number of esters is 1. The van der Waals surface area contributed by atoms with Crippen LogP contribution in [0.1, 0.15) is 40.0 Å². The number of para-hydroxylation sites is 1. The molecule has 1 heterocycles. The first-order chi connectivity index (χ1) is 16.6. The number of unbranched alkanes of at least 4 members (excludes halogenated alkanes) is 1. The molecule has 0 aromatic heterocycles. The van der Waals surface area contributed by atoms with Gasteiger partial charge in [0.15, 0.2) is 0 Å². The molecule has 0 saturated heterocycles. The van der Waals surface area contributed by atoms with Crippen LogP contribution in [0.3, 0.4) is 0 Å². The van der Waals surface area contributed by atoms with Crippen LogP contribution in [0.15, 0.2) is 64.3 Å². The summed E-state index contributed by atoms with van der Waals surface area (Å²) < 4.78 is 47.1. The average Bonchev–Trinajstić information content (AvgIpc) is 2.92. The van der Waals surface area contributed by atoms with Gasteiger partial charge >= 0.3 is 5.97 Å². The van der Waals surface area contributed by atoms with Crippen LogP contribution in [0, 0.1) is 5.41 Å². The van der Waals surface area contributed by atoms with E-state index in [1.54, 1.807) is 13.0 Å². The molecule has 1 atom stereocenters. The molecule has 35 heavy (non-hydrogen) atoms. The Morgan fingerprint density at radius 1 is 1.26 bits per heavy atom. The van der Waals surface area contributed by atoms with E-state index in [2.05, 4.69) is 23.5 Å². The van der Waals surface area contributed by atoms with E-state index >= 15 is 0 Å². The van der Waals surface area contributed by atoms with Gasteiger partial charge in [-0.1, -0.05) is 44.9 Å². The summed E-state index contributed by atoms with van der Waals surface area (Å²) in [6.07, 6.45) is 5.39. The summed E-state index contributed by atoms with van der Waals surface area (Å²) >= 11 is 1.38. The molecular formula is C26H34FNO5S2. The third-order valence-corrected chi connectivity index (χ3v) is 8.83. The number of halogens is 1. The summed E-state index contributed by atoms with van der Waals surface area (Å²) in [4.78, 5) is 14.8. The van der Waals surface area contributed by atoms with Gasteiger partial charge in [0.05, 0.1) is 22.1 Å². The quantitative estimate of drug-likeness (QED) is 0.151. The highest BCUT2D eigenvalue weighted by atomic mass is 32.3. The van der Waals surface area contributed by atoms with Crippen LogP contribution < -0.4 is 9.64 Å². The lowest BCUT2D eigenvalue weighted by molar-refractivity contribution is -0.140. The molecule has 2 N–H and O–H groups in total. The van der Waals surface area contributed by atoms with Crippen LogP contribution in [-0.4, -0.2) is 40.2 Å². The second-order valence-electron chi connectivity index (χ2n) is 8.92. The van der Waals surface area contributed by atoms with Crippen molar-refractivity contribution in [3.63, 3.8) is 0 Å². The molecule has 0 saturated carbocycles. The molecule has 1 unspecified atom stereocenters. The third-order valence-electron chi connectivity index (χ3n) is 5.94. The monoisotopic (exact) mass is 523 g/mol. The van der Waals surface area contributed by atoms with E-state index in [9.17, 15) is 18.3 Å². The number of carbonyl (C=O) groups excluding carboxylic acids is 1. The Bertz CT molecular complexity index is 1060. The minimum absolute atomic E-state index is 0.0437. The van der Waals surface area contributed by atoms with E-state index < -0.39 is 22.4 Å². The highest BCUT2D eigenvalue weighted by Crippen LogP contribution is 2.61. The molecule has 2 aromatic carbocycles. The van der Waals surface area contributed by atoms with Crippen LogP contribution in [0.2, 0.25) is 0 Å². The summed E-state index contributed by atoms with van der Waals surface area (Å²) in [5.41, 5.74) is 1.28. The Balaban J connectivity index is 2.13. The highest BCUT2D eigenvalue weighted by Gasteiger charge is 2.40. The van der Waals surface area contributed by atoms with Crippen molar-refractivity contribution in [1.29, 1.82) is 0 Å². The van der Waals surface area contributed by atoms with Crippen molar-refractivity contribution in [2.75, 3.05) is 30.1 Å². The fourth-order valence-corrected chi connectivity index (χ4v) is 6.99. The molecule has 0 spiro atoms. The second kappa shape index (κ2) is 11.7. The van der Waals surface area contributed by atoms with E-state index in [0.29, 0.717) is 28.3 Å². The van der Waals surface area contributed by atoms with Crippen molar-refractivity contribution in [1.82, 2.24) is 0 Å². The molecule has 1 aliphatic rings. The second-order valence-corrected chi connectivity index (χ2v) is 11.8. The van der Waals surface area contributed by atoms with E-state index in [1.807, 2.05) is 42.7 Å². The van der Waals surface area contributed by atoms with Gasteiger partial charge in [-0.15, -0.1) is 11.8 Å². The predicted molar refractivity (Wildman–Crippen MR) is 142 cm³/mol. The largest absolute Gasteiger partial charge is 0.461 e. The lowest BCUT2D eigenvalue weighted by Gasteiger charge is -2.39. The summed E-state index contributed by atoms with van der Waals surface area (Å²) in [6, 6.07) is 13.3. The molecule has 2 aromatic rings. The maximum absolute atomic E-state index is 14.1. The number of hydrogen-bond acceptors (Lipinski definition) is 7. The van der Waals surface area contributed by atoms with Crippen molar-refractivity contribution in [2.24, 2.45) is 5.41 Å². The number of rotatable bonds is 9. The first kappa shape index (κ1) is 27.4. The molecule has 0 fully saturated rings. The maximum atomic E-state index is 14.1. The lowest BCUT2D eigenvalue weighted by atomic mass is 9.86. The SMILES string of the molecule is CCCCC1(C)CN(c2ccccc2)c2cc(SC)c(O/C=C(\F)C(=O)OCC)cc2S(O)(O)C1. The molecule has 0 radical (unpaired) electrons. The molecule has 0 bridgehead atoms. The Morgan fingerprint density at radius 3 is 2.60 bits per heavy atom. The Hall–Kier alpha value is -2.20. The molecule has 0 aliphatic carbocycles. The zero-order valence-corrected chi connectivity index (χ0v) is 22.3. The number of anilines is 2. The highest BCUT2D eigenvalue weighted by molar-refractivity contribution is 8.24. The van der Waals surface area contributed by atoms with Gasteiger partial charge < -0.3 is 14.4 Å². The van der Waals surface area contributed by atoms with Gasteiger partial charge in [-0.3, -0.25) is 9.11 Å². The number of carbonyl (C=O) groups is 1. The smallest absolute Gasteiger partial charge is 0.370 e. The molecule has 0 amide bonds. The maximum Gasteiger partial charge on any atom is 0.370 e. The molecule has 192 valence electrons. The summed E-state index contributed by atoms with van der Waals surface area (Å²) in [5, 5.41) is 0. The number of benzene rings is 2. The van der Waals surface area contributed by atoms with Gasteiger partial charge in [-0.25, -0.2) is 4.79 Å². The normalized spacial score (nSPS) is 20.5. The first-order valence-corrected chi connectivity index (χ1v) is 14.6. The van der Waals surface area contributed by atoms with E-state index in [-0.39, 0.29) is 23.5 Å². The Labute approximate surface area is 212 Å². The minimum Gasteiger partial charge on any atom is -0.461 e. The van der Waals surface area contributed by atoms with Gasteiger partial charge in [0.1, 0.15) is 12.0 Å². The summed E-state index contributed by atoms with van der Waals surface area (Å²) in [5.74, 6) is -1.83. The zero-order valence-electron chi connectivity index (χ0n) is 20.6. The molecule has 9 heteroatoms. The number of hydrogen-bond donors (Lipinski definition) is 2. The van der Waals surface area contributed by atoms with Gasteiger partial charge in [0, 0.05) is 29.5 Å². The summed E-state index contributed by atoms with van der Waals surface area (Å²) in [6.45, 7) is 6.47. The molecule has 3 rings (SSSR count). The Kier molecular flexibility index (Phi) is 9.15. The van der Waals surface area contributed by atoms with Crippen molar-refractivity contribution in [2.45, 2.75) is 49.8 Å². The summed E-state index contributed by atoms with van der Waals surface area (Å²) in [7, 11) is -3.21. The molecular weight excluding hydrogens is 489 g/mol. The van der Waals surface area contributed by atoms with Crippen molar-refractivity contribution in [3.05, 3.63) is 54.6 Å². The van der Waals surface area contributed by atoms with E-state index in [4.69, 9.17) is 4.74 Å². The van der Waals surface area contributed by atoms with Gasteiger partial charge in [-0.05, 0) is 37.8 Å². The fraction of sp³-hybridized carbons (Fsp3) is 0.423. The van der Waals surface area contributed by atoms with Crippen molar-refractivity contribution < 1.29 is 27.8 Å². The third kappa shape index (κ3) is 6.52. The fourth-order valence-electron chi connectivity index (χ4n) is 4.29. The number of fused-ring (bicyclic) bond motifs is 1. The van der Waals surface area contributed by atoms with Crippen LogP contribution >= 0.6 is 22.4 Å². The van der Waals surface area contributed by atoms with Crippen LogP contribution in [-0.2, 0) is 9.53 Å². The standard InChI is InChI=1S/C26H34FNO5S2/c1-5-7-13-26(3)17-28(19-11-9-8-10-12-19)21-14-23(34-4)22(15-24(21)35(30,31)18-26)33-16-20(27)25(29)32-6-2/h8-12,14-16,30-31H,5-7,13,17-18H2,1-4H3/b20-16-. The lowest BCUT2D eigenvalue weighted by Crippen LogP contribution is -2.35. The van der Waals surface area contributed by atoms with Gasteiger partial charge in [0.25, 0.3) is 0 Å². The number of thioether (sulfide) groups is 1. The first-order valence-electron chi connectivity index (χ1n) is 11.6. The molecule has 1 aliphatic heterocycles. The molecule has 6 nitrogen and oxygen atoms in total. The average molecular weight is 524 g/mol. The predicted octanol–water partition coefficient (Wildman–Crippen LogP) is 7.62. The number of nitrogens with zero attached hydrogens (tertiary/aromatic N) is 1. The van der Waals surface area contributed by atoms with Gasteiger partial charge in [-0.2, -0.15) is 15.0 Å². The van der Waals surface area contributed by atoms with Crippen molar-refractivity contribution >= 4 is 39.7 Å². The van der Waals surface area contributed by atoms with Crippen LogP contribution in [0.5, 0.6) is 5.75 Å². The topological polar surface area (TPSA) is 79.2 Å².